The number of piperidine rings is 1. The standard InChI is InChI=1S/C20H31N3O5.HI/c1-6-21-20(23-9-7-14(8-10-23)19(24)28-5)22-13-15-11-17(26-3)18(27-4)12-16(15)25-2;/h11-12,14H,6-10,13H2,1-5H3,(H,21,22);1H. The first-order valence-corrected chi connectivity index (χ1v) is 9.47. The van der Waals surface area contributed by atoms with Gasteiger partial charge in [-0.15, -0.1) is 24.0 Å². The van der Waals surface area contributed by atoms with E-state index in [4.69, 9.17) is 23.9 Å². The minimum atomic E-state index is -0.128. The van der Waals surface area contributed by atoms with Crippen molar-refractivity contribution in [3.8, 4) is 17.2 Å². The molecule has 9 heteroatoms. The van der Waals surface area contributed by atoms with E-state index in [1.807, 2.05) is 13.0 Å². The van der Waals surface area contributed by atoms with Crippen LogP contribution in [0.25, 0.3) is 0 Å². The Hall–Kier alpha value is -1.91. The number of esters is 1. The van der Waals surface area contributed by atoms with Crippen LogP contribution in [-0.4, -0.2) is 64.9 Å². The number of benzene rings is 1. The highest BCUT2D eigenvalue weighted by atomic mass is 127. The van der Waals surface area contributed by atoms with E-state index < -0.39 is 0 Å². The van der Waals surface area contributed by atoms with Gasteiger partial charge in [0.05, 0.1) is 40.9 Å². The van der Waals surface area contributed by atoms with Crippen LogP contribution in [-0.2, 0) is 16.1 Å². The Morgan fingerprint density at radius 3 is 2.17 bits per heavy atom. The zero-order chi connectivity index (χ0) is 20.5. The maximum atomic E-state index is 11.7. The molecule has 0 aromatic heterocycles. The van der Waals surface area contributed by atoms with E-state index >= 15 is 0 Å². The molecule has 0 unspecified atom stereocenters. The van der Waals surface area contributed by atoms with Gasteiger partial charge in [-0.25, -0.2) is 4.99 Å². The first-order chi connectivity index (χ1) is 13.6. The molecule has 1 aliphatic heterocycles. The Morgan fingerprint density at radius 2 is 1.66 bits per heavy atom. The third-order valence-corrected chi connectivity index (χ3v) is 4.85. The highest BCUT2D eigenvalue weighted by Crippen LogP contribution is 2.35. The third kappa shape index (κ3) is 6.55. The molecule has 0 spiro atoms. The summed E-state index contributed by atoms with van der Waals surface area (Å²) in [5, 5.41) is 3.33. The van der Waals surface area contributed by atoms with Crippen LogP contribution >= 0.6 is 24.0 Å². The van der Waals surface area contributed by atoms with Crippen LogP contribution in [0.5, 0.6) is 17.2 Å². The van der Waals surface area contributed by atoms with Crippen molar-refractivity contribution in [2.24, 2.45) is 10.9 Å². The molecule has 2 rings (SSSR count). The fourth-order valence-electron chi connectivity index (χ4n) is 3.30. The van der Waals surface area contributed by atoms with Crippen LogP contribution < -0.4 is 19.5 Å². The lowest BCUT2D eigenvalue weighted by Crippen LogP contribution is -2.46. The van der Waals surface area contributed by atoms with Crippen molar-refractivity contribution in [3.63, 3.8) is 0 Å². The Kier molecular flexibility index (Phi) is 10.9. The maximum Gasteiger partial charge on any atom is 0.308 e. The van der Waals surface area contributed by atoms with Gasteiger partial charge in [0.25, 0.3) is 0 Å². The highest BCUT2D eigenvalue weighted by molar-refractivity contribution is 14.0. The molecule has 164 valence electrons. The molecule has 0 radical (unpaired) electrons. The molecule has 1 heterocycles. The molecule has 0 saturated carbocycles. The van der Waals surface area contributed by atoms with E-state index in [1.165, 1.54) is 7.11 Å². The van der Waals surface area contributed by atoms with Crippen molar-refractivity contribution >= 4 is 35.9 Å². The second-order valence-corrected chi connectivity index (χ2v) is 6.47. The number of guanidine groups is 1. The van der Waals surface area contributed by atoms with Gasteiger partial charge in [0.15, 0.2) is 17.5 Å². The van der Waals surface area contributed by atoms with Crippen molar-refractivity contribution in [1.82, 2.24) is 10.2 Å². The van der Waals surface area contributed by atoms with Gasteiger partial charge in [0.1, 0.15) is 5.75 Å². The summed E-state index contributed by atoms with van der Waals surface area (Å²) < 4.78 is 21.1. The average molecular weight is 521 g/mol. The SMILES string of the molecule is CCNC(=NCc1cc(OC)c(OC)cc1OC)N1CCC(C(=O)OC)CC1.I. The smallest absolute Gasteiger partial charge is 0.308 e. The van der Waals surface area contributed by atoms with E-state index in [-0.39, 0.29) is 35.9 Å². The Morgan fingerprint density at radius 1 is 1.07 bits per heavy atom. The zero-order valence-corrected chi connectivity index (χ0v) is 20.1. The number of nitrogens with zero attached hydrogens (tertiary/aromatic N) is 2. The molecule has 0 bridgehead atoms. The molecular formula is C20H32IN3O5. The third-order valence-electron chi connectivity index (χ3n) is 4.85. The summed E-state index contributed by atoms with van der Waals surface area (Å²) in [5.74, 6) is 2.61. The van der Waals surface area contributed by atoms with Gasteiger partial charge in [-0.3, -0.25) is 4.79 Å². The summed E-state index contributed by atoms with van der Waals surface area (Å²) in [6, 6.07) is 3.69. The minimum absolute atomic E-state index is 0. The van der Waals surface area contributed by atoms with Crippen molar-refractivity contribution in [3.05, 3.63) is 17.7 Å². The van der Waals surface area contributed by atoms with Gasteiger partial charge < -0.3 is 29.2 Å². The first-order valence-electron chi connectivity index (χ1n) is 9.47. The molecule has 1 aromatic rings. The fourth-order valence-corrected chi connectivity index (χ4v) is 3.30. The second-order valence-electron chi connectivity index (χ2n) is 6.47. The van der Waals surface area contributed by atoms with E-state index in [2.05, 4.69) is 10.2 Å². The van der Waals surface area contributed by atoms with E-state index in [0.717, 1.165) is 44.0 Å². The molecule has 0 aliphatic carbocycles. The molecule has 1 fully saturated rings. The summed E-state index contributed by atoms with van der Waals surface area (Å²) in [6.07, 6.45) is 1.52. The number of likely N-dealkylation sites (tertiary alicyclic amines) is 1. The van der Waals surface area contributed by atoms with Crippen LogP contribution in [0.3, 0.4) is 0 Å². The largest absolute Gasteiger partial charge is 0.496 e. The van der Waals surface area contributed by atoms with Crippen molar-refractivity contribution < 1.29 is 23.7 Å². The number of hydrogen-bond acceptors (Lipinski definition) is 6. The average Bonchev–Trinajstić information content (AvgIpc) is 2.75. The molecule has 0 amide bonds. The zero-order valence-electron chi connectivity index (χ0n) is 17.8. The van der Waals surface area contributed by atoms with Crippen LogP contribution in [0.1, 0.15) is 25.3 Å². The van der Waals surface area contributed by atoms with Gasteiger partial charge in [0.2, 0.25) is 0 Å². The molecular weight excluding hydrogens is 489 g/mol. The van der Waals surface area contributed by atoms with Gasteiger partial charge >= 0.3 is 5.97 Å². The number of nitrogens with one attached hydrogen (secondary N) is 1. The first kappa shape index (κ1) is 25.1. The van der Waals surface area contributed by atoms with Crippen molar-refractivity contribution in [2.75, 3.05) is 48.1 Å². The predicted molar refractivity (Wildman–Crippen MR) is 123 cm³/mol. The van der Waals surface area contributed by atoms with Crippen LogP contribution in [0, 0.1) is 5.92 Å². The normalized spacial score (nSPS) is 14.7. The lowest BCUT2D eigenvalue weighted by Gasteiger charge is -2.33. The number of methoxy groups -OCH3 is 4. The maximum absolute atomic E-state index is 11.7. The van der Waals surface area contributed by atoms with Gasteiger partial charge in [-0.2, -0.15) is 0 Å². The van der Waals surface area contributed by atoms with Crippen LogP contribution in [0.2, 0.25) is 0 Å². The van der Waals surface area contributed by atoms with E-state index in [9.17, 15) is 4.79 Å². The lowest BCUT2D eigenvalue weighted by molar-refractivity contribution is -0.146. The number of halogens is 1. The highest BCUT2D eigenvalue weighted by Gasteiger charge is 2.27. The minimum Gasteiger partial charge on any atom is -0.496 e. The second kappa shape index (κ2) is 12.6. The van der Waals surface area contributed by atoms with E-state index in [0.29, 0.717) is 23.8 Å². The summed E-state index contributed by atoms with van der Waals surface area (Å²) in [5.41, 5.74) is 0.903. The molecule has 1 N–H and O–H groups in total. The van der Waals surface area contributed by atoms with Gasteiger partial charge in [-0.05, 0) is 25.8 Å². The van der Waals surface area contributed by atoms with E-state index in [1.54, 1.807) is 27.4 Å². The number of aliphatic imine (C=N–C) groups is 1. The number of ether oxygens (including phenoxy) is 4. The number of hydrogen-bond donors (Lipinski definition) is 1. The Bertz CT molecular complexity index is 691. The lowest BCUT2D eigenvalue weighted by atomic mass is 9.97. The molecule has 8 nitrogen and oxygen atoms in total. The number of carbonyl (C=O) groups excluding carboxylic acids is 1. The number of rotatable bonds is 7. The number of carbonyl (C=O) groups is 1. The molecule has 1 saturated heterocycles. The monoisotopic (exact) mass is 521 g/mol. The van der Waals surface area contributed by atoms with Gasteiger partial charge in [-0.1, -0.05) is 0 Å². The summed E-state index contributed by atoms with van der Waals surface area (Å²) in [6.45, 7) is 4.75. The Labute approximate surface area is 189 Å². The van der Waals surface area contributed by atoms with Crippen LogP contribution in [0.4, 0.5) is 0 Å². The summed E-state index contributed by atoms with van der Waals surface area (Å²) in [7, 11) is 6.26. The van der Waals surface area contributed by atoms with Crippen LogP contribution in [0.15, 0.2) is 17.1 Å². The Balaban J connectivity index is 0.00000420. The van der Waals surface area contributed by atoms with Gasteiger partial charge in [0, 0.05) is 31.3 Å². The summed E-state index contributed by atoms with van der Waals surface area (Å²) >= 11 is 0. The molecule has 1 aliphatic rings. The topological polar surface area (TPSA) is 81.6 Å². The molecule has 1 aromatic carbocycles. The fraction of sp³-hybridized carbons (Fsp3) is 0.600. The summed E-state index contributed by atoms with van der Waals surface area (Å²) in [4.78, 5) is 18.7. The van der Waals surface area contributed by atoms with Crippen molar-refractivity contribution in [2.45, 2.75) is 26.3 Å². The van der Waals surface area contributed by atoms with Crippen molar-refractivity contribution in [1.29, 1.82) is 0 Å². The predicted octanol–water partition coefficient (Wildman–Crippen LogP) is 2.68. The quantitative estimate of drug-likeness (QED) is 0.256. The molecule has 29 heavy (non-hydrogen) atoms. The molecule has 0 atom stereocenters.